The summed E-state index contributed by atoms with van der Waals surface area (Å²) < 4.78 is 45.6. The molecule has 0 amide bonds. The van der Waals surface area contributed by atoms with Gasteiger partial charge in [0.25, 0.3) is 0 Å². The van der Waals surface area contributed by atoms with Crippen LogP contribution < -0.4 is 9.46 Å². The minimum absolute atomic E-state index is 0.0192. The van der Waals surface area contributed by atoms with Gasteiger partial charge in [0.05, 0.1) is 12.0 Å². The minimum atomic E-state index is -3.86. The first-order valence-corrected chi connectivity index (χ1v) is 10.8. The lowest BCUT2D eigenvalue weighted by molar-refractivity contribution is 0.224. The van der Waals surface area contributed by atoms with E-state index in [9.17, 15) is 17.9 Å². The third-order valence-corrected chi connectivity index (χ3v) is 6.92. The van der Waals surface area contributed by atoms with E-state index in [1.54, 1.807) is 12.1 Å². The summed E-state index contributed by atoms with van der Waals surface area (Å²) in [6.45, 7) is 0.0526. The average molecular weight is 414 g/mol. The molecule has 5 nitrogen and oxygen atoms in total. The van der Waals surface area contributed by atoms with Crippen LogP contribution in [-0.2, 0) is 16.6 Å². The summed E-state index contributed by atoms with van der Waals surface area (Å²) in [5.74, 6) is -0.762. The van der Waals surface area contributed by atoms with Crippen LogP contribution in [0.3, 0.4) is 0 Å². The van der Waals surface area contributed by atoms with E-state index >= 15 is 0 Å². The van der Waals surface area contributed by atoms with E-state index in [1.807, 2.05) is 16.8 Å². The van der Waals surface area contributed by atoms with Crippen LogP contribution in [0.5, 0.6) is 5.75 Å². The Morgan fingerprint density at radius 2 is 2.08 bits per heavy atom. The van der Waals surface area contributed by atoms with Gasteiger partial charge in [0, 0.05) is 16.3 Å². The second kappa shape index (κ2) is 7.85. The normalized spacial score (nSPS) is 12.9. The highest BCUT2D eigenvalue weighted by atomic mass is 32.2. The Balaban J connectivity index is 1.69. The van der Waals surface area contributed by atoms with Crippen molar-refractivity contribution in [1.82, 2.24) is 4.72 Å². The summed E-state index contributed by atoms with van der Waals surface area (Å²) in [6.07, 6.45) is -0.729. The molecule has 0 saturated carbocycles. The van der Waals surface area contributed by atoms with Gasteiger partial charge in [-0.05, 0) is 52.7 Å². The standard InChI is InChI=1S/C17H16FNO4S3/c1-23-15-4-3-13(8-14(15)18)26(21,22)19-9-12-2-5-16(25-12)17(20)11-6-7-24-10-11/h2-8,10,17,19-20H,9H2,1H3. The van der Waals surface area contributed by atoms with Crippen molar-refractivity contribution in [3.63, 3.8) is 0 Å². The van der Waals surface area contributed by atoms with Crippen LogP contribution in [0.25, 0.3) is 0 Å². The van der Waals surface area contributed by atoms with Gasteiger partial charge >= 0.3 is 0 Å². The van der Waals surface area contributed by atoms with E-state index in [1.165, 1.54) is 41.9 Å². The SMILES string of the molecule is COc1ccc(S(=O)(=O)NCc2ccc(C(O)c3ccsc3)s2)cc1F. The van der Waals surface area contributed by atoms with Gasteiger partial charge in [0.1, 0.15) is 6.10 Å². The Labute approximate surface area is 158 Å². The van der Waals surface area contributed by atoms with Crippen molar-refractivity contribution >= 4 is 32.7 Å². The molecule has 1 unspecified atom stereocenters. The van der Waals surface area contributed by atoms with Gasteiger partial charge in [0.15, 0.2) is 11.6 Å². The molecule has 3 aromatic rings. The van der Waals surface area contributed by atoms with Gasteiger partial charge in [-0.15, -0.1) is 11.3 Å². The number of aliphatic hydroxyl groups excluding tert-OH is 1. The maximum atomic E-state index is 13.7. The fourth-order valence-electron chi connectivity index (χ4n) is 2.30. The van der Waals surface area contributed by atoms with Crippen molar-refractivity contribution < 1.29 is 22.7 Å². The molecule has 9 heteroatoms. The van der Waals surface area contributed by atoms with Crippen LogP contribution in [0.15, 0.2) is 52.1 Å². The quantitative estimate of drug-likeness (QED) is 0.621. The molecule has 2 aromatic heterocycles. The highest BCUT2D eigenvalue weighted by Crippen LogP contribution is 2.30. The fourth-order valence-corrected chi connectivity index (χ4v) is 5.05. The van der Waals surface area contributed by atoms with Crippen LogP contribution in [0.2, 0.25) is 0 Å². The zero-order chi connectivity index (χ0) is 18.7. The van der Waals surface area contributed by atoms with Gasteiger partial charge in [-0.25, -0.2) is 17.5 Å². The Kier molecular flexibility index (Phi) is 5.73. The fraction of sp³-hybridized carbons (Fsp3) is 0.176. The van der Waals surface area contributed by atoms with Gasteiger partial charge in [-0.2, -0.15) is 11.3 Å². The summed E-state index contributed by atoms with van der Waals surface area (Å²) in [7, 11) is -2.55. The Bertz CT molecular complexity index is 983. The van der Waals surface area contributed by atoms with Crippen LogP contribution in [0.4, 0.5) is 4.39 Å². The number of rotatable bonds is 7. The van der Waals surface area contributed by atoms with Crippen molar-refractivity contribution in [1.29, 1.82) is 0 Å². The molecule has 0 radical (unpaired) electrons. The highest BCUT2D eigenvalue weighted by molar-refractivity contribution is 7.89. The number of hydrogen-bond acceptors (Lipinski definition) is 6. The summed E-state index contributed by atoms with van der Waals surface area (Å²) in [5.41, 5.74) is 0.803. The molecule has 0 aliphatic carbocycles. The predicted octanol–water partition coefficient (Wildman–Crippen LogP) is 3.52. The number of benzene rings is 1. The van der Waals surface area contributed by atoms with E-state index in [-0.39, 0.29) is 17.2 Å². The van der Waals surface area contributed by atoms with Crippen molar-refractivity contribution in [2.75, 3.05) is 7.11 Å². The molecule has 0 spiro atoms. The molecular weight excluding hydrogens is 397 g/mol. The number of hydrogen-bond donors (Lipinski definition) is 2. The van der Waals surface area contributed by atoms with Crippen LogP contribution >= 0.6 is 22.7 Å². The van der Waals surface area contributed by atoms with E-state index in [2.05, 4.69) is 4.72 Å². The number of thiophene rings is 2. The third kappa shape index (κ3) is 4.13. The van der Waals surface area contributed by atoms with Crippen molar-refractivity contribution in [2.45, 2.75) is 17.5 Å². The molecule has 0 aliphatic rings. The summed E-state index contributed by atoms with van der Waals surface area (Å²) in [6, 6.07) is 8.84. The highest BCUT2D eigenvalue weighted by Gasteiger charge is 2.18. The van der Waals surface area contributed by atoms with Gasteiger partial charge in [-0.1, -0.05) is 0 Å². The summed E-state index contributed by atoms with van der Waals surface area (Å²) in [4.78, 5) is 1.30. The molecule has 2 heterocycles. The average Bonchev–Trinajstić information content (AvgIpc) is 3.31. The van der Waals surface area contributed by atoms with Crippen LogP contribution in [-0.4, -0.2) is 20.6 Å². The second-order valence-corrected chi connectivity index (χ2v) is 9.13. The van der Waals surface area contributed by atoms with Gasteiger partial charge < -0.3 is 9.84 Å². The Morgan fingerprint density at radius 3 is 2.73 bits per heavy atom. The first-order chi connectivity index (χ1) is 12.4. The lowest BCUT2D eigenvalue weighted by Crippen LogP contribution is -2.22. The monoisotopic (exact) mass is 413 g/mol. The maximum absolute atomic E-state index is 13.7. The molecule has 26 heavy (non-hydrogen) atoms. The molecular formula is C17H16FNO4S3. The number of aliphatic hydroxyl groups is 1. The predicted molar refractivity (Wildman–Crippen MR) is 99.7 cm³/mol. The summed E-state index contributed by atoms with van der Waals surface area (Å²) in [5, 5.41) is 14.1. The molecule has 138 valence electrons. The topological polar surface area (TPSA) is 75.6 Å². The molecule has 0 bridgehead atoms. The second-order valence-electron chi connectivity index (χ2n) is 5.38. The number of halogens is 1. The Hall–Kier alpha value is -1.78. The number of ether oxygens (including phenoxy) is 1. The maximum Gasteiger partial charge on any atom is 0.241 e. The minimum Gasteiger partial charge on any atom is -0.494 e. The first-order valence-electron chi connectivity index (χ1n) is 7.52. The largest absolute Gasteiger partial charge is 0.494 e. The molecule has 3 rings (SSSR count). The summed E-state index contributed by atoms with van der Waals surface area (Å²) >= 11 is 2.82. The first kappa shape index (κ1) is 19.0. The van der Waals surface area contributed by atoms with E-state index in [0.717, 1.165) is 21.4 Å². The van der Waals surface area contributed by atoms with E-state index in [4.69, 9.17) is 4.74 Å². The van der Waals surface area contributed by atoms with Crippen molar-refractivity contribution in [3.05, 3.63) is 68.3 Å². The molecule has 0 saturated heterocycles. The Morgan fingerprint density at radius 1 is 1.27 bits per heavy atom. The molecule has 2 N–H and O–H groups in total. The van der Waals surface area contributed by atoms with Crippen LogP contribution in [0, 0.1) is 5.82 Å². The van der Waals surface area contributed by atoms with Crippen LogP contribution in [0.1, 0.15) is 21.4 Å². The van der Waals surface area contributed by atoms with E-state index in [0.29, 0.717) is 0 Å². The molecule has 1 aromatic carbocycles. The molecule has 0 aliphatic heterocycles. The molecule has 0 fully saturated rings. The molecule has 1 atom stereocenters. The van der Waals surface area contributed by atoms with Gasteiger partial charge in [-0.3, -0.25) is 0 Å². The van der Waals surface area contributed by atoms with E-state index < -0.39 is 21.9 Å². The zero-order valence-electron chi connectivity index (χ0n) is 13.7. The zero-order valence-corrected chi connectivity index (χ0v) is 16.1. The number of methoxy groups -OCH3 is 1. The van der Waals surface area contributed by atoms with Crippen molar-refractivity contribution in [2.24, 2.45) is 0 Å². The van der Waals surface area contributed by atoms with Gasteiger partial charge in [0.2, 0.25) is 10.0 Å². The van der Waals surface area contributed by atoms with Crippen molar-refractivity contribution in [3.8, 4) is 5.75 Å². The third-order valence-electron chi connectivity index (χ3n) is 3.68. The lowest BCUT2D eigenvalue weighted by atomic mass is 10.2. The number of sulfonamides is 1. The number of nitrogens with one attached hydrogen (secondary N) is 1. The smallest absolute Gasteiger partial charge is 0.241 e. The lowest BCUT2D eigenvalue weighted by Gasteiger charge is -2.08.